The van der Waals surface area contributed by atoms with E-state index in [1.807, 2.05) is 0 Å². The quantitative estimate of drug-likeness (QED) is 0.305. The Kier molecular flexibility index (Phi) is 4.28. The predicted molar refractivity (Wildman–Crippen MR) is 38.5 cm³/mol. The summed E-state index contributed by atoms with van der Waals surface area (Å²) in [6, 6.07) is 0. The lowest BCUT2D eigenvalue weighted by molar-refractivity contribution is 1.80. The molecule has 0 spiro atoms. The molecule has 0 saturated heterocycles. The van der Waals surface area contributed by atoms with Crippen molar-refractivity contribution < 1.29 is 0 Å². The second kappa shape index (κ2) is 4.23. The van der Waals surface area contributed by atoms with Gasteiger partial charge in [-0.1, -0.05) is 0 Å². The van der Waals surface area contributed by atoms with E-state index in [0.717, 1.165) is 11.9 Å². The summed E-state index contributed by atoms with van der Waals surface area (Å²) in [4.78, 5) is 3.69. The normalized spacial score (nSPS) is 10.0. The molecular formula is C3H6N2S2. The maximum absolute atomic E-state index is 5.02. The number of nitrogens with zero attached hydrogens (tertiary/aromatic N) is 1. The molecule has 0 saturated carbocycles. The molecule has 0 amide bonds. The van der Waals surface area contributed by atoms with Crippen LogP contribution in [0.1, 0.15) is 6.92 Å². The summed E-state index contributed by atoms with van der Waals surface area (Å²) in [6.07, 6.45) is 1.61. The third-order valence-corrected chi connectivity index (χ3v) is 1.04. The molecule has 0 aromatic rings. The van der Waals surface area contributed by atoms with E-state index in [9.17, 15) is 0 Å². The molecule has 7 heavy (non-hydrogen) atoms. The smallest absolute Gasteiger partial charge is 0.174 e. The van der Waals surface area contributed by atoms with Crippen LogP contribution in [0, 0.1) is 0 Å². The van der Waals surface area contributed by atoms with Gasteiger partial charge in [-0.3, -0.25) is 5.14 Å². The highest BCUT2D eigenvalue weighted by molar-refractivity contribution is 8.21. The van der Waals surface area contributed by atoms with E-state index < -0.39 is 0 Å². The first kappa shape index (κ1) is 7.07. The van der Waals surface area contributed by atoms with Crippen LogP contribution in [0.15, 0.2) is 4.99 Å². The van der Waals surface area contributed by atoms with E-state index in [2.05, 4.69) is 17.2 Å². The van der Waals surface area contributed by atoms with Gasteiger partial charge in [0.25, 0.3) is 0 Å². The molecule has 0 aliphatic carbocycles. The minimum Gasteiger partial charge on any atom is -0.272 e. The van der Waals surface area contributed by atoms with Crippen LogP contribution in [0.2, 0.25) is 0 Å². The fourth-order valence-electron chi connectivity index (χ4n) is 0.136. The number of hydrogen-bond donors (Lipinski definition) is 1. The van der Waals surface area contributed by atoms with Crippen LogP contribution < -0.4 is 5.14 Å². The van der Waals surface area contributed by atoms with Gasteiger partial charge in [0, 0.05) is 6.21 Å². The molecule has 0 fully saturated rings. The van der Waals surface area contributed by atoms with Crippen molar-refractivity contribution >= 4 is 34.7 Å². The monoisotopic (exact) mass is 134 g/mol. The fraction of sp³-hybridized carbons (Fsp3) is 0.333. The molecule has 0 rings (SSSR count). The lowest BCUT2D eigenvalue weighted by Crippen LogP contribution is -1.86. The van der Waals surface area contributed by atoms with Crippen LogP contribution in [0.25, 0.3) is 0 Å². The van der Waals surface area contributed by atoms with Crippen molar-refractivity contribution in [2.45, 2.75) is 6.92 Å². The summed E-state index contributed by atoms with van der Waals surface area (Å²) in [5, 5.41) is 5.02. The van der Waals surface area contributed by atoms with Crippen molar-refractivity contribution in [2.24, 2.45) is 10.1 Å². The molecule has 0 aromatic carbocycles. The Hall–Kier alpha value is 0.0700. The first-order valence-electron chi connectivity index (χ1n) is 1.70. The van der Waals surface area contributed by atoms with Crippen LogP contribution in [-0.2, 0) is 0 Å². The highest BCUT2D eigenvalue weighted by atomic mass is 32.2. The molecule has 0 aromatic heterocycles. The van der Waals surface area contributed by atoms with Gasteiger partial charge in [-0.25, -0.2) is 4.99 Å². The van der Waals surface area contributed by atoms with Crippen molar-refractivity contribution in [3.8, 4) is 0 Å². The zero-order valence-corrected chi connectivity index (χ0v) is 5.55. The molecule has 0 heterocycles. The zero-order valence-electron chi connectivity index (χ0n) is 3.92. The van der Waals surface area contributed by atoms with E-state index in [0.29, 0.717) is 4.32 Å². The molecule has 4 heteroatoms. The average molecular weight is 134 g/mol. The van der Waals surface area contributed by atoms with Gasteiger partial charge in [0.2, 0.25) is 0 Å². The van der Waals surface area contributed by atoms with Gasteiger partial charge < -0.3 is 0 Å². The van der Waals surface area contributed by atoms with E-state index in [1.54, 1.807) is 13.1 Å². The van der Waals surface area contributed by atoms with Gasteiger partial charge in [-0.05, 0) is 31.1 Å². The van der Waals surface area contributed by atoms with Crippen LogP contribution in [-0.4, -0.2) is 10.5 Å². The van der Waals surface area contributed by atoms with E-state index in [1.165, 1.54) is 0 Å². The van der Waals surface area contributed by atoms with Gasteiger partial charge in [0.15, 0.2) is 4.32 Å². The summed E-state index contributed by atoms with van der Waals surface area (Å²) >= 11 is 5.58. The van der Waals surface area contributed by atoms with Crippen LogP contribution in [0.4, 0.5) is 0 Å². The molecule has 0 aliphatic rings. The summed E-state index contributed by atoms with van der Waals surface area (Å²) in [6.45, 7) is 1.79. The average Bonchev–Trinajstić information content (AvgIpc) is 1.68. The highest BCUT2D eigenvalue weighted by Crippen LogP contribution is 1.91. The van der Waals surface area contributed by atoms with Crippen molar-refractivity contribution in [2.75, 3.05) is 0 Å². The molecule has 0 unspecified atom stereocenters. The van der Waals surface area contributed by atoms with Gasteiger partial charge in [-0.15, -0.1) is 0 Å². The minimum atomic E-state index is 0.475. The zero-order chi connectivity index (χ0) is 5.70. The largest absolute Gasteiger partial charge is 0.272 e. The Bertz CT molecular complexity index is 88.9. The molecular weight excluding hydrogens is 128 g/mol. The third kappa shape index (κ3) is 3.91. The predicted octanol–water partition coefficient (Wildman–Crippen LogP) is 0.969. The molecule has 0 radical (unpaired) electrons. The molecule has 0 aliphatic heterocycles. The summed E-state index contributed by atoms with van der Waals surface area (Å²) in [7, 11) is 0. The summed E-state index contributed by atoms with van der Waals surface area (Å²) in [5.74, 6) is 0. The van der Waals surface area contributed by atoms with E-state index in [-0.39, 0.29) is 0 Å². The Labute approximate surface area is 52.3 Å². The Morgan fingerprint density at radius 2 is 2.57 bits per heavy atom. The Morgan fingerprint density at radius 3 is 2.71 bits per heavy atom. The topological polar surface area (TPSA) is 38.4 Å². The van der Waals surface area contributed by atoms with Gasteiger partial charge in [0.05, 0.1) is 0 Å². The van der Waals surface area contributed by atoms with Crippen LogP contribution >= 0.6 is 24.2 Å². The summed E-state index contributed by atoms with van der Waals surface area (Å²) < 4.78 is 0.475. The minimum absolute atomic E-state index is 0.475. The number of rotatable bonds is 0. The molecule has 2 nitrogen and oxygen atoms in total. The summed E-state index contributed by atoms with van der Waals surface area (Å²) in [5.41, 5.74) is 0. The van der Waals surface area contributed by atoms with Crippen molar-refractivity contribution in [1.82, 2.24) is 0 Å². The second-order valence-corrected chi connectivity index (χ2v) is 2.04. The number of nitrogens with two attached hydrogens (primary N) is 1. The van der Waals surface area contributed by atoms with Crippen molar-refractivity contribution in [3.05, 3.63) is 0 Å². The van der Waals surface area contributed by atoms with Crippen LogP contribution in [0.3, 0.4) is 0 Å². The SMILES string of the molecule is CC=NC(=S)SN. The maximum atomic E-state index is 5.02. The lowest BCUT2D eigenvalue weighted by Gasteiger charge is -1.82. The van der Waals surface area contributed by atoms with E-state index in [4.69, 9.17) is 5.14 Å². The molecule has 40 valence electrons. The van der Waals surface area contributed by atoms with Crippen LogP contribution in [0.5, 0.6) is 0 Å². The standard InChI is InChI=1S/C3H6N2S2/c1-2-5-3(6)7-4/h2H,4H2,1H3. The fourth-order valence-corrected chi connectivity index (χ4v) is 0.408. The van der Waals surface area contributed by atoms with Gasteiger partial charge >= 0.3 is 0 Å². The number of thiocarbonyl (C=S) groups is 1. The van der Waals surface area contributed by atoms with Crippen molar-refractivity contribution in [3.63, 3.8) is 0 Å². The lowest BCUT2D eigenvalue weighted by atomic mass is 10.9. The maximum Gasteiger partial charge on any atom is 0.174 e. The Morgan fingerprint density at radius 1 is 2.00 bits per heavy atom. The first-order valence-corrected chi connectivity index (χ1v) is 2.99. The van der Waals surface area contributed by atoms with Gasteiger partial charge in [0.1, 0.15) is 0 Å². The molecule has 0 bridgehead atoms. The van der Waals surface area contributed by atoms with E-state index >= 15 is 0 Å². The molecule has 0 atom stereocenters. The van der Waals surface area contributed by atoms with Crippen molar-refractivity contribution in [1.29, 1.82) is 0 Å². The Balaban J connectivity index is 3.37. The van der Waals surface area contributed by atoms with Gasteiger partial charge in [-0.2, -0.15) is 0 Å². The highest BCUT2D eigenvalue weighted by Gasteiger charge is 1.80. The first-order chi connectivity index (χ1) is 3.31. The number of aliphatic imine (C=N–C) groups is 1. The molecule has 2 N–H and O–H groups in total. The second-order valence-electron chi connectivity index (χ2n) is 0.771. The third-order valence-electron chi connectivity index (χ3n) is 0.335. The number of hydrogen-bond acceptors (Lipinski definition) is 3.